The number of amides is 1. The summed E-state index contributed by atoms with van der Waals surface area (Å²) in [6, 6.07) is 19.3. The van der Waals surface area contributed by atoms with Gasteiger partial charge in [-0.3, -0.25) is 4.79 Å². The van der Waals surface area contributed by atoms with Crippen molar-refractivity contribution in [2.24, 2.45) is 0 Å². The highest BCUT2D eigenvalue weighted by molar-refractivity contribution is 7.89. The van der Waals surface area contributed by atoms with E-state index in [9.17, 15) is 13.2 Å². The zero-order valence-electron chi connectivity index (χ0n) is 21.9. The van der Waals surface area contributed by atoms with Crippen molar-refractivity contribution in [3.8, 4) is 17.2 Å². The van der Waals surface area contributed by atoms with Crippen LogP contribution in [0.2, 0.25) is 0 Å². The number of nitrogens with zero attached hydrogens (tertiary/aromatic N) is 1. The molecule has 8 nitrogen and oxygen atoms in total. The summed E-state index contributed by atoms with van der Waals surface area (Å²) in [7, 11) is 0.677. The summed E-state index contributed by atoms with van der Waals surface area (Å²) < 4.78 is 44.4. The van der Waals surface area contributed by atoms with Crippen LogP contribution in [0.15, 0.2) is 71.6 Å². The largest absolute Gasteiger partial charge is 0.496 e. The molecule has 3 aromatic rings. The van der Waals surface area contributed by atoms with Gasteiger partial charge in [-0.15, -0.1) is 0 Å². The molecular formula is C28H34N2O6S. The van der Waals surface area contributed by atoms with Crippen LogP contribution < -0.4 is 19.5 Å². The first-order valence-electron chi connectivity index (χ1n) is 11.9. The maximum atomic E-state index is 13.6. The van der Waals surface area contributed by atoms with E-state index in [1.54, 1.807) is 45.4 Å². The Morgan fingerprint density at radius 2 is 1.54 bits per heavy atom. The molecule has 0 bridgehead atoms. The highest BCUT2D eigenvalue weighted by Gasteiger charge is 2.28. The number of rotatable bonds is 12. The molecular weight excluding hydrogens is 492 g/mol. The smallest absolute Gasteiger partial charge is 0.243 e. The van der Waals surface area contributed by atoms with Crippen LogP contribution in [-0.2, 0) is 21.2 Å². The third kappa shape index (κ3) is 7.02. The fourth-order valence-electron chi connectivity index (χ4n) is 4.00. The molecule has 1 atom stereocenters. The molecule has 9 heteroatoms. The van der Waals surface area contributed by atoms with E-state index in [0.717, 1.165) is 11.1 Å². The van der Waals surface area contributed by atoms with Crippen LogP contribution in [0, 0.1) is 6.92 Å². The number of methoxy groups -OCH3 is 3. The number of hydrogen-bond acceptors (Lipinski definition) is 6. The third-order valence-corrected chi connectivity index (χ3v) is 7.94. The Labute approximate surface area is 219 Å². The predicted octanol–water partition coefficient (Wildman–Crippen LogP) is 4.13. The second kappa shape index (κ2) is 12.6. The molecule has 0 heterocycles. The van der Waals surface area contributed by atoms with Gasteiger partial charge < -0.3 is 19.5 Å². The van der Waals surface area contributed by atoms with E-state index < -0.39 is 15.9 Å². The Kier molecular flexibility index (Phi) is 9.54. The molecule has 0 fully saturated rings. The minimum absolute atomic E-state index is 0.111. The molecule has 1 unspecified atom stereocenters. The van der Waals surface area contributed by atoms with Crippen molar-refractivity contribution in [1.82, 2.24) is 9.62 Å². The minimum atomic E-state index is -3.95. The second-order valence-corrected chi connectivity index (χ2v) is 10.5. The van der Waals surface area contributed by atoms with Gasteiger partial charge >= 0.3 is 0 Å². The summed E-state index contributed by atoms with van der Waals surface area (Å²) in [5.74, 6) is 1.31. The van der Waals surface area contributed by atoms with Gasteiger partial charge in [0.25, 0.3) is 0 Å². The SMILES string of the molecule is COc1ccc(S(=O)(=O)N(CCc2ccccc2)CC(=O)NC(C)c2ccc(OC)c(OC)c2)cc1C. The van der Waals surface area contributed by atoms with Crippen LogP contribution in [0.3, 0.4) is 0 Å². The topological polar surface area (TPSA) is 94.2 Å². The molecule has 0 saturated heterocycles. The summed E-state index contributed by atoms with van der Waals surface area (Å²) in [6.45, 7) is 3.44. The predicted molar refractivity (Wildman–Crippen MR) is 143 cm³/mol. The maximum Gasteiger partial charge on any atom is 0.243 e. The quantitative estimate of drug-likeness (QED) is 0.381. The number of benzene rings is 3. The number of sulfonamides is 1. The van der Waals surface area contributed by atoms with Crippen LogP contribution in [0.4, 0.5) is 0 Å². The van der Waals surface area contributed by atoms with Crippen LogP contribution >= 0.6 is 0 Å². The van der Waals surface area contributed by atoms with E-state index in [0.29, 0.717) is 29.2 Å². The van der Waals surface area contributed by atoms with E-state index in [4.69, 9.17) is 14.2 Å². The van der Waals surface area contributed by atoms with Gasteiger partial charge in [0.1, 0.15) is 5.75 Å². The molecule has 1 amide bonds. The highest BCUT2D eigenvalue weighted by Crippen LogP contribution is 2.30. The highest BCUT2D eigenvalue weighted by atomic mass is 32.2. The van der Waals surface area contributed by atoms with Gasteiger partial charge in [0.15, 0.2) is 11.5 Å². The lowest BCUT2D eigenvalue weighted by molar-refractivity contribution is -0.121. The van der Waals surface area contributed by atoms with E-state index >= 15 is 0 Å². The van der Waals surface area contributed by atoms with Crippen molar-refractivity contribution in [1.29, 1.82) is 0 Å². The summed E-state index contributed by atoms with van der Waals surface area (Å²) >= 11 is 0. The Morgan fingerprint density at radius 1 is 0.892 bits per heavy atom. The summed E-state index contributed by atoms with van der Waals surface area (Å²) in [4.78, 5) is 13.2. The van der Waals surface area contributed by atoms with Crippen molar-refractivity contribution in [3.63, 3.8) is 0 Å². The van der Waals surface area contributed by atoms with Gasteiger partial charge in [-0.1, -0.05) is 36.4 Å². The Balaban J connectivity index is 1.82. The lowest BCUT2D eigenvalue weighted by Crippen LogP contribution is -2.42. The van der Waals surface area contributed by atoms with Crippen molar-refractivity contribution in [3.05, 3.63) is 83.4 Å². The first-order valence-corrected chi connectivity index (χ1v) is 13.3. The van der Waals surface area contributed by atoms with Gasteiger partial charge in [-0.25, -0.2) is 8.42 Å². The number of carbonyl (C=O) groups is 1. The number of aryl methyl sites for hydroxylation is 1. The molecule has 198 valence electrons. The van der Waals surface area contributed by atoms with E-state index in [1.807, 2.05) is 43.3 Å². The van der Waals surface area contributed by atoms with Gasteiger partial charge in [-0.05, 0) is 67.3 Å². The van der Waals surface area contributed by atoms with Gasteiger partial charge in [0.2, 0.25) is 15.9 Å². The average Bonchev–Trinajstić information content (AvgIpc) is 2.90. The molecule has 37 heavy (non-hydrogen) atoms. The van der Waals surface area contributed by atoms with Crippen LogP contribution in [0.1, 0.15) is 29.7 Å². The molecule has 0 spiro atoms. The molecule has 0 aliphatic heterocycles. The molecule has 0 aliphatic rings. The molecule has 0 aliphatic carbocycles. The molecule has 1 N–H and O–H groups in total. The molecule has 3 rings (SSSR count). The van der Waals surface area contributed by atoms with Crippen LogP contribution in [-0.4, -0.2) is 53.0 Å². The summed E-state index contributed by atoms with van der Waals surface area (Å²) in [6.07, 6.45) is 0.466. The van der Waals surface area contributed by atoms with Gasteiger partial charge in [-0.2, -0.15) is 4.31 Å². The minimum Gasteiger partial charge on any atom is -0.496 e. The van der Waals surface area contributed by atoms with E-state index in [2.05, 4.69) is 5.32 Å². The van der Waals surface area contributed by atoms with Crippen molar-refractivity contribution in [2.45, 2.75) is 31.2 Å². The molecule has 0 aromatic heterocycles. The van der Waals surface area contributed by atoms with Crippen LogP contribution in [0.5, 0.6) is 17.2 Å². The lowest BCUT2D eigenvalue weighted by atomic mass is 10.1. The number of nitrogens with one attached hydrogen (secondary N) is 1. The number of carbonyl (C=O) groups excluding carboxylic acids is 1. The van der Waals surface area contributed by atoms with Crippen LogP contribution in [0.25, 0.3) is 0 Å². The first-order chi connectivity index (χ1) is 17.7. The zero-order valence-corrected chi connectivity index (χ0v) is 22.7. The maximum absolute atomic E-state index is 13.6. The lowest BCUT2D eigenvalue weighted by Gasteiger charge is -2.24. The van der Waals surface area contributed by atoms with Crippen molar-refractivity contribution >= 4 is 15.9 Å². The molecule has 3 aromatic carbocycles. The summed E-state index contributed by atoms with van der Waals surface area (Å²) in [5, 5.41) is 2.91. The number of ether oxygens (including phenoxy) is 3. The molecule has 0 saturated carbocycles. The number of hydrogen-bond donors (Lipinski definition) is 1. The third-order valence-electron chi connectivity index (χ3n) is 6.10. The zero-order chi connectivity index (χ0) is 27.0. The second-order valence-electron chi connectivity index (χ2n) is 8.61. The van der Waals surface area contributed by atoms with Crippen molar-refractivity contribution in [2.75, 3.05) is 34.4 Å². The first kappa shape index (κ1) is 28.0. The van der Waals surface area contributed by atoms with Crippen molar-refractivity contribution < 1.29 is 27.4 Å². The fraction of sp³-hybridized carbons (Fsp3) is 0.321. The Hall–Kier alpha value is -3.56. The Bertz CT molecular complexity index is 1310. The van der Waals surface area contributed by atoms with E-state index in [1.165, 1.54) is 17.5 Å². The normalized spacial score (nSPS) is 12.2. The van der Waals surface area contributed by atoms with Gasteiger partial charge in [0, 0.05) is 6.54 Å². The monoisotopic (exact) mass is 526 g/mol. The molecule has 0 radical (unpaired) electrons. The average molecular weight is 527 g/mol. The Morgan fingerprint density at radius 3 is 2.16 bits per heavy atom. The standard InChI is InChI=1S/C28H34N2O6S/c1-20-17-24(12-14-25(20)34-3)37(32,33)30(16-15-22-9-7-6-8-10-22)19-28(31)29-21(2)23-11-13-26(35-4)27(18-23)36-5/h6-14,17-18,21H,15-16,19H2,1-5H3,(H,29,31). The van der Waals surface area contributed by atoms with E-state index in [-0.39, 0.29) is 24.0 Å². The summed E-state index contributed by atoms with van der Waals surface area (Å²) in [5.41, 5.74) is 2.47. The fourth-order valence-corrected chi connectivity index (χ4v) is 5.48. The van der Waals surface area contributed by atoms with Gasteiger partial charge in [0.05, 0.1) is 38.8 Å².